The maximum Gasteiger partial charge on any atom is 0.187 e. The average Bonchev–Trinajstić information content (AvgIpc) is 2.18. The molecule has 0 atom stereocenters. The molecular formula is C8H8N4S. The van der Waals surface area contributed by atoms with Crippen LogP contribution in [0.5, 0.6) is 0 Å². The molecule has 13 heavy (non-hydrogen) atoms. The summed E-state index contributed by atoms with van der Waals surface area (Å²) in [6, 6.07) is 1.84. The van der Waals surface area contributed by atoms with Crippen LogP contribution in [0.15, 0.2) is 23.6 Å². The van der Waals surface area contributed by atoms with Gasteiger partial charge in [-0.1, -0.05) is 11.8 Å². The van der Waals surface area contributed by atoms with Gasteiger partial charge >= 0.3 is 0 Å². The summed E-state index contributed by atoms with van der Waals surface area (Å²) in [5.74, 6) is 0.454. The summed E-state index contributed by atoms with van der Waals surface area (Å²) < 4.78 is 0. The molecule has 0 bridgehead atoms. The lowest BCUT2D eigenvalue weighted by Crippen LogP contribution is -1.95. The molecule has 0 saturated carbocycles. The lowest BCUT2D eigenvalue weighted by Gasteiger charge is -2.00. The number of aromatic nitrogens is 3. The number of anilines is 1. The van der Waals surface area contributed by atoms with Gasteiger partial charge in [0.15, 0.2) is 5.16 Å². The van der Waals surface area contributed by atoms with Crippen molar-refractivity contribution in [2.75, 3.05) is 12.0 Å². The van der Waals surface area contributed by atoms with Crippen molar-refractivity contribution in [3.05, 3.63) is 18.5 Å². The van der Waals surface area contributed by atoms with Crippen molar-refractivity contribution < 1.29 is 0 Å². The second-order valence-electron chi connectivity index (χ2n) is 2.49. The van der Waals surface area contributed by atoms with Gasteiger partial charge in [0.2, 0.25) is 0 Å². The first-order chi connectivity index (χ1) is 6.31. The summed E-state index contributed by atoms with van der Waals surface area (Å²) in [4.78, 5) is 12.4. The van der Waals surface area contributed by atoms with Crippen LogP contribution in [0.1, 0.15) is 0 Å². The number of hydrogen-bond acceptors (Lipinski definition) is 5. The van der Waals surface area contributed by atoms with Crippen molar-refractivity contribution in [3.8, 4) is 0 Å². The van der Waals surface area contributed by atoms with E-state index in [0.717, 1.165) is 10.9 Å². The zero-order valence-corrected chi connectivity index (χ0v) is 7.88. The van der Waals surface area contributed by atoms with E-state index in [1.165, 1.54) is 11.8 Å². The van der Waals surface area contributed by atoms with Gasteiger partial charge in [-0.2, -0.15) is 0 Å². The first kappa shape index (κ1) is 8.25. The summed E-state index contributed by atoms with van der Waals surface area (Å²) >= 11 is 1.49. The van der Waals surface area contributed by atoms with E-state index >= 15 is 0 Å². The number of thioether (sulfide) groups is 1. The lowest BCUT2D eigenvalue weighted by molar-refractivity contribution is 1.00. The molecule has 66 valence electrons. The largest absolute Gasteiger partial charge is 0.382 e. The van der Waals surface area contributed by atoms with E-state index in [9.17, 15) is 0 Å². The van der Waals surface area contributed by atoms with E-state index in [1.807, 2.05) is 12.3 Å². The summed E-state index contributed by atoms with van der Waals surface area (Å²) in [6.07, 6.45) is 5.33. The Morgan fingerprint density at radius 2 is 2.23 bits per heavy atom. The highest BCUT2D eigenvalue weighted by atomic mass is 32.2. The quantitative estimate of drug-likeness (QED) is 0.545. The summed E-state index contributed by atoms with van der Waals surface area (Å²) in [5.41, 5.74) is 6.39. The number of nitrogen functional groups attached to an aromatic ring is 1. The van der Waals surface area contributed by atoms with Crippen molar-refractivity contribution in [2.45, 2.75) is 5.16 Å². The van der Waals surface area contributed by atoms with Crippen LogP contribution < -0.4 is 5.73 Å². The van der Waals surface area contributed by atoms with Gasteiger partial charge in [-0.3, -0.25) is 0 Å². The number of hydrogen-bond donors (Lipinski definition) is 1. The smallest absolute Gasteiger partial charge is 0.187 e. The van der Waals surface area contributed by atoms with E-state index in [4.69, 9.17) is 5.73 Å². The van der Waals surface area contributed by atoms with Crippen LogP contribution in [0.25, 0.3) is 10.9 Å². The minimum atomic E-state index is 0.454. The van der Waals surface area contributed by atoms with Gasteiger partial charge in [-0.15, -0.1) is 0 Å². The van der Waals surface area contributed by atoms with Gasteiger partial charge < -0.3 is 5.73 Å². The third-order valence-corrected chi connectivity index (χ3v) is 2.25. The van der Waals surface area contributed by atoms with Gasteiger partial charge in [-0.05, 0) is 12.3 Å². The SMILES string of the molecule is CSc1ncc2ccnc(N)c2n1. The first-order valence-electron chi connectivity index (χ1n) is 3.72. The van der Waals surface area contributed by atoms with Crippen LogP contribution in [-0.2, 0) is 0 Å². The normalized spacial score (nSPS) is 10.5. The zero-order chi connectivity index (χ0) is 9.26. The molecule has 2 aromatic rings. The van der Waals surface area contributed by atoms with Crippen molar-refractivity contribution >= 4 is 28.5 Å². The van der Waals surface area contributed by atoms with Crippen LogP contribution in [0, 0.1) is 0 Å². The molecule has 5 heteroatoms. The number of fused-ring (bicyclic) bond motifs is 1. The number of rotatable bonds is 1. The Morgan fingerprint density at radius 3 is 3.00 bits per heavy atom. The Kier molecular flexibility index (Phi) is 2.02. The van der Waals surface area contributed by atoms with Gasteiger partial charge in [0, 0.05) is 17.8 Å². The van der Waals surface area contributed by atoms with E-state index < -0.39 is 0 Å². The van der Waals surface area contributed by atoms with Crippen molar-refractivity contribution in [3.63, 3.8) is 0 Å². The predicted molar refractivity (Wildman–Crippen MR) is 53.5 cm³/mol. The first-order valence-corrected chi connectivity index (χ1v) is 4.95. The molecule has 0 fully saturated rings. The summed E-state index contributed by atoms with van der Waals surface area (Å²) in [5, 5.41) is 1.64. The predicted octanol–water partition coefficient (Wildman–Crippen LogP) is 1.33. The monoisotopic (exact) mass is 192 g/mol. The molecule has 2 rings (SSSR count). The average molecular weight is 192 g/mol. The van der Waals surface area contributed by atoms with Gasteiger partial charge in [-0.25, -0.2) is 15.0 Å². The molecule has 2 heterocycles. The number of nitrogens with two attached hydrogens (primary N) is 1. The highest BCUT2D eigenvalue weighted by Gasteiger charge is 2.01. The minimum Gasteiger partial charge on any atom is -0.382 e. The molecule has 2 N–H and O–H groups in total. The Balaban J connectivity index is 2.74. The lowest BCUT2D eigenvalue weighted by atomic mass is 10.3. The molecule has 0 spiro atoms. The third kappa shape index (κ3) is 1.42. The van der Waals surface area contributed by atoms with Crippen LogP contribution in [0.4, 0.5) is 5.82 Å². The Bertz CT molecular complexity index is 443. The zero-order valence-electron chi connectivity index (χ0n) is 7.06. The Morgan fingerprint density at radius 1 is 1.38 bits per heavy atom. The summed E-state index contributed by atoms with van der Waals surface area (Å²) in [7, 11) is 0. The van der Waals surface area contributed by atoms with E-state index in [1.54, 1.807) is 12.4 Å². The van der Waals surface area contributed by atoms with Gasteiger partial charge in [0.05, 0.1) is 0 Å². The standard InChI is InChI=1S/C8H8N4S/c1-13-8-11-4-5-2-3-10-7(9)6(5)12-8/h2-4H,1H3,(H2,9,10). The van der Waals surface area contributed by atoms with Gasteiger partial charge in [0.1, 0.15) is 11.3 Å². The van der Waals surface area contributed by atoms with Crippen molar-refractivity contribution in [1.29, 1.82) is 0 Å². The molecule has 0 radical (unpaired) electrons. The molecule has 0 aromatic carbocycles. The van der Waals surface area contributed by atoms with E-state index in [0.29, 0.717) is 11.0 Å². The third-order valence-electron chi connectivity index (χ3n) is 1.69. The molecule has 2 aromatic heterocycles. The Labute approximate surface area is 79.6 Å². The van der Waals surface area contributed by atoms with E-state index in [2.05, 4.69) is 15.0 Å². The topological polar surface area (TPSA) is 64.7 Å². The highest BCUT2D eigenvalue weighted by molar-refractivity contribution is 7.98. The molecule has 0 aliphatic rings. The Hall–Kier alpha value is -1.36. The minimum absolute atomic E-state index is 0.454. The fourth-order valence-corrected chi connectivity index (χ4v) is 1.40. The molecule has 0 unspecified atom stereocenters. The van der Waals surface area contributed by atoms with Crippen molar-refractivity contribution in [2.24, 2.45) is 0 Å². The second kappa shape index (κ2) is 3.18. The highest BCUT2D eigenvalue weighted by Crippen LogP contribution is 2.17. The summed E-state index contributed by atoms with van der Waals surface area (Å²) in [6.45, 7) is 0. The number of nitrogens with zero attached hydrogens (tertiary/aromatic N) is 3. The maximum absolute atomic E-state index is 5.67. The molecule has 0 aliphatic carbocycles. The molecule has 4 nitrogen and oxygen atoms in total. The molecule has 0 saturated heterocycles. The molecular weight excluding hydrogens is 184 g/mol. The fourth-order valence-electron chi connectivity index (χ4n) is 1.06. The van der Waals surface area contributed by atoms with Crippen LogP contribution >= 0.6 is 11.8 Å². The van der Waals surface area contributed by atoms with Gasteiger partial charge in [0.25, 0.3) is 0 Å². The van der Waals surface area contributed by atoms with E-state index in [-0.39, 0.29) is 0 Å². The van der Waals surface area contributed by atoms with Crippen LogP contribution in [0.3, 0.4) is 0 Å². The molecule has 0 aliphatic heterocycles. The van der Waals surface area contributed by atoms with Crippen LogP contribution in [-0.4, -0.2) is 21.2 Å². The second-order valence-corrected chi connectivity index (χ2v) is 3.26. The maximum atomic E-state index is 5.67. The van der Waals surface area contributed by atoms with Crippen LogP contribution in [0.2, 0.25) is 0 Å². The molecule has 0 amide bonds. The fraction of sp³-hybridized carbons (Fsp3) is 0.125. The van der Waals surface area contributed by atoms with Crippen molar-refractivity contribution in [1.82, 2.24) is 15.0 Å². The number of pyridine rings is 1.